The number of hydrogen-bond donors (Lipinski definition) is 2. The van der Waals surface area contributed by atoms with Crippen molar-refractivity contribution in [3.63, 3.8) is 0 Å². The van der Waals surface area contributed by atoms with Crippen LogP contribution >= 0.6 is 0 Å². The Morgan fingerprint density at radius 3 is 2.56 bits per heavy atom. The molecule has 0 aromatic heterocycles. The van der Waals surface area contributed by atoms with Crippen LogP contribution in [0, 0.1) is 0 Å². The Hall–Kier alpha value is -1.87. The minimum absolute atomic E-state index is 0.493. The van der Waals surface area contributed by atoms with Gasteiger partial charge in [-0.25, -0.2) is 5.48 Å². The van der Waals surface area contributed by atoms with Crippen molar-refractivity contribution in [2.45, 2.75) is 12.8 Å². The summed E-state index contributed by atoms with van der Waals surface area (Å²) in [6.45, 7) is 0. The molecule has 1 aromatic rings. The highest BCUT2D eigenvalue weighted by molar-refractivity contribution is 5.86. The van der Waals surface area contributed by atoms with Gasteiger partial charge in [-0.1, -0.05) is 48.6 Å². The highest BCUT2D eigenvalue weighted by Crippen LogP contribution is 2.03. The van der Waals surface area contributed by atoms with E-state index in [2.05, 4.69) is 6.08 Å². The smallest absolute Gasteiger partial charge is 0.267 e. The molecule has 0 aliphatic carbocycles. The third-order valence-corrected chi connectivity index (χ3v) is 1.99. The van der Waals surface area contributed by atoms with Gasteiger partial charge in [-0.3, -0.25) is 10.0 Å². The van der Waals surface area contributed by atoms with Gasteiger partial charge in [-0.2, -0.15) is 0 Å². The lowest BCUT2D eigenvalue weighted by Crippen LogP contribution is -2.14. The first-order valence-electron chi connectivity index (χ1n) is 5.15. The summed E-state index contributed by atoms with van der Waals surface area (Å²) in [5, 5.41) is 8.22. The van der Waals surface area contributed by atoms with Crippen LogP contribution in [0.1, 0.15) is 18.4 Å². The average Bonchev–Trinajstić information content (AvgIpc) is 2.34. The van der Waals surface area contributed by atoms with Gasteiger partial charge in [0.25, 0.3) is 5.91 Å². The van der Waals surface area contributed by atoms with Crippen molar-refractivity contribution in [3.05, 3.63) is 54.1 Å². The number of rotatable bonds is 5. The summed E-state index contributed by atoms with van der Waals surface area (Å²) >= 11 is 0. The van der Waals surface area contributed by atoms with Gasteiger partial charge in [-0.15, -0.1) is 0 Å². The maximum atomic E-state index is 10.6. The summed E-state index contributed by atoms with van der Waals surface area (Å²) in [4.78, 5) is 10.6. The number of allylic oxidation sites excluding steroid dienone is 2. The first-order chi connectivity index (χ1) is 7.83. The van der Waals surface area contributed by atoms with Gasteiger partial charge in [0.05, 0.1) is 0 Å². The third kappa shape index (κ3) is 5.12. The van der Waals surface area contributed by atoms with Crippen molar-refractivity contribution in [3.8, 4) is 0 Å². The molecule has 0 atom stereocenters. The number of amides is 1. The number of benzene rings is 1. The van der Waals surface area contributed by atoms with Crippen molar-refractivity contribution >= 4 is 12.0 Å². The number of hydrogen-bond acceptors (Lipinski definition) is 2. The summed E-state index contributed by atoms with van der Waals surface area (Å²) in [5.41, 5.74) is 2.70. The lowest BCUT2D eigenvalue weighted by Gasteiger charge is -1.91. The zero-order valence-corrected chi connectivity index (χ0v) is 8.97. The summed E-state index contributed by atoms with van der Waals surface area (Å²) in [5.74, 6) is -0.493. The fourth-order valence-corrected chi connectivity index (χ4v) is 1.20. The molecule has 0 aliphatic rings. The topological polar surface area (TPSA) is 49.3 Å². The molecule has 0 fully saturated rings. The van der Waals surface area contributed by atoms with Gasteiger partial charge in [0.2, 0.25) is 0 Å². The number of carbonyl (C=O) groups excluding carboxylic acids is 1. The predicted molar refractivity (Wildman–Crippen MR) is 63.8 cm³/mol. The number of hydroxylamine groups is 1. The second-order valence-electron chi connectivity index (χ2n) is 3.27. The van der Waals surface area contributed by atoms with Crippen molar-refractivity contribution in [1.82, 2.24) is 5.48 Å². The van der Waals surface area contributed by atoms with E-state index in [-0.39, 0.29) is 0 Å². The van der Waals surface area contributed by atoms with E-state index in [1.807, 2.05) is 36.4 Å². The third-order valence-electron chi connectivity index (χ3n) is 1.99. The van der Waals surface area contributed by atoms with Crippen LogP contribution in [0.25, 0.3) is 6.08 Å². The van der Waals surface area contributed by atoms with Crippen molar-refractivity contribution in [2.75, 3.05) is 0 Å². The number of carbonyl (C=O) groups is 1. The summed E-state index contributed by atoms with van der Waals surface area (Å²) < 4.78 is 0. The Balaban J connectivity index is 2.23. The van der Waals surface area contributed by atoms with Gasteiger partial charge in [0.1, 0.15) is 0 Å². The largest absolute Gasteiger partial charge is 0.288 e. The Morgan fingerprint density at radius 1 is 1.19 bits per heavy atom. The van der Waals surface area contributed by atoms with E-state index in [4.69, 9.17) is 5.21 Å². The van der Waals surface area contributed by atoms with Crippen LogP contribution in [0.5, 0.6) is 0 Å². The SMILES string of the molecule is O=C(/C=C/CC/C=C/c1ccccc1)NO. The van der Waals surface area contributed by atoms with Crippen LogP contribution in [-0.4, -0.2) is 11.1 Å². The zero-order valence-electron chi connectivity index (χ0n) is 8.97. The Kier molecular flexibility index (Phi) is 5.66. The Bertz CT molecular complexity index is 369. The van der Waals surface area contributed by atoms with Crippen LogP contribution in [-0.2, 0) is 4.79 Å². The van der Waals surface area contributed by atoms with Crippen LogP contribution in [0.15, 0.2) is 48.6 Å². The molecule has 84 valence electrons. The Labute approximate surface area is 95.1 Å². The van der Waals surface area contributed by atoms with Crippen molar-refractivity contribution in [2.24, 2.45) is 0 Å². The first kappa shape index (κ1) is 12.2. The Morgan fingerprint density at radius 2 is 1.88 bits per heavy atom. The van der Waals surface area contributed by atoms with E-state index in [1.54, 1.807) is 6.08 Å². The molecule has 16 heavy (non-hydrogen) atoms. The normalized spacial score (nSPS) is 11.1. The second-order valence-corrected chi connectivity index (χ2v) is 3.27. The first-order valence-corrected chi connectivity index (χ1v) is 5.15. The monoisotopic (exact) mass is 217 g/mol. The fourth-order valence-electron chi connectivity index (χ4n) is 1.20. The van der Waals surface area contributed by atoms with Crippen LogP contribution < -0.4 is 5.48 Å². The minimum atomic E-state index is -0.493. The molecule has 0 saturated heterocycles. The van der Waals surface area contributed by atoms with Crippen LogP contribution in [0.4, 0.5) is 0 Å². The molecule has 1 rings (SSSR count). The van der Waals surface area contributed by atoms with E-state index < -0.39 is 5.91 Å². The highest BCUT2D eigenvalue weighted by atomic mass is 16.5. The van der Waals surface area contributed by atoms with Gasteiger partial charge in [0.15, 0.2) is 0 Å². The molecule has 0 aliphatic heterocycles. The number of nitrogens with one attached hydrogen (secondary N) is 1. The summed E-state index contributed by atoms with van der Waals surface area (Å²) in [6.07, 6.45) is 8.77. The van der Waals surface area contributed by atoms with Gasteiger partial charge in [0, 0.05) is 6.08 Å². The molecule has 1 aromatic carbocycles. The molecule has 0 heterocycles. The molecule has 3 nitrogen and oxygen atoms in total. The molecule has 0 radical (unpaired) electrons. The lowest BCUT2D eigenvalue weighted by atomic mass is 10.2. The van der Waals surface area contributed by atoms with E-state index in [1.165, 1.54) is 17.1 Å². The molecular weight excluding hydrogens is 202 g/mol. The second kappa shape index (κ2) is 7.43. The molecule has 0 spiro atoms. The standard InChI is InChI=1S/C13H15NO2/c15-13(14-16)11-7-2-1-4-8-12-9-5-3-6-10-12/h3-11,16H,1-2H2,(H,14,15)/b8-4+,11-7+. The van der Waals surface area contributed by atoms with Crippen LogP contribution in [0.3, 0.4) is 0 Å². The van der Waals surface area contributed by atoms with Crippen molar-refractivity contribution < 1.29 is 10.0 Å². The van der Waals surface area contributed by atoms with Gasteiger partial charge < -0.3 is 0 Å². The van der Waals surface area contributed by atoms with E-state index in [0.29, 0.717) is 0 Å². The molecule has 1 amide bonds. The molecule has 0 unspecified atom stereocenters. The number of unbranched alkanes of at least 4 members (excludes halogenated alkanes) is 1. The zero-order chi connectivity index (χ0) is 11.6. The van der Waals surface area contributed by atoms with E-state index >= 15 is 0 Å². The molecule has 3 heteroatoms. The molecule has 0 bridgehead atoms. The summed E-state index contributed by atoms with van der Waals surface area (Å²) in [6, 6.07) is 10.0. The maximum absolute atomic E-state index is 10.6. The molecular formula is C13H15NO2. The highest BCUT2D eigenvalue weighted by Gasteiger charge is 1.87. The fraction of sp³-hybridized carbons (Fsp3) is 0.154. The van der Waals surface area contributed by atoms with E-state index in [0.717, 1.165) is 12.8 Å². The maximum Gasteiger partial charge on any atom is 0.267 e. The minimum Gasteiger partial charge on any atom is -0.288 e. The lowest BCUT2D eigenvalue weighted by molar-refractivity contribution is -0.124. The van der Waals surface area contributed by atoms with Gasteiger partial charge in [-0.05, 0) is 18.4 Å². The van der Waals surface area contributed by atoms with E-state index in [9.17, 15) is 4.79 Å². The molecule has 2 N–H and O–H groups in total. The predicted octanol–water partition coefficient (Wildman–Crippen LogP) is 2.54. The summed E-state index contributed by atoms with van der Waals surface area (Å²) in [7, 11) is 0. The quantitative estimate of drug-likeness (QED) is 0.344. The molecule has 0 saturated carbocycles. The average molecular weight is 217 g/mol. The van der Waals surface area contributed by atoms with Gasteiger partial charge >= 0.3 is 0 Å². The van der Waals surface area contributed by atoms with Crippen LogP contribution in [0.2, 0.25) is 0 Å². The van der Waals surface area contributed by atoms with Crippen molar-refractivity contribution in [1.29, 1.82) is 0 Å².